The summed E-state index contributed by atoms with van der Waals surface area (Å²) in [5.41, 5.74) is 3.17. The summed E-state index contributed by atoms with van der Waals surface area (Å²) >= 11 is 7.55. The fraction of sp³-hybridized carbons (Fsp3) is 0.464. The molecule has 3 N–H and O–H groups in total. The predicted octanol–water partition coefficient (Wildman–Crippen LogP) is 5.94. The minimum absolute atomic E-state index is 0.00413. The molecule has 0 unspecified atom stereocenters. The quantitative estimate of drug-likeness (QED) is 0.246. The van der Waals surface area contributed by atoms with Crippen LogP contribution in [0.2, 0.25) is 5.02 Å². The smallest absolute Gasteiger partial charge is 0.417 e. The number of alkyl halides is 5. The average molecular weight is 659 g/mol. The molecule has 0 aliphatic carbocycles. The van der Waals surface area contributed by atoms with Gasteiger partial charge in [0.25, 0.3) is 0 Å². The second-order valence-corrected chi connectivity index (χ2v) is 12.7. The van der Waals surface area contributed by atoms with Crippen molar-refractivity contribution < 1.29 is 35.8 Å². The summed E-state index contributed by atoms with van der Waals surface area (Å²) < 4.78 is 99.3. The first kappa shape index (κ1) is 29.6. The van der Waals surface area contributed by atoms with Gasteiger partial charge in [0.05, 0.1) is 31.7 Å². The highest BCUT2D eigenvalue weighted by Crippen LogP contribution is 2.48. The summed E-state index contributed by atoms with van der Waals surface area (Å²) in [6.07, 6.45) is -6.65. The highest BCUT2D eigenvalue weighted by molar-refractivity contribution is 7.22. The van der Waals surface area contributed by atoms with Gasteiger partial charge in [0.1, 0.15) is 30.2 Å². The largest absolute Gasteiger partial charge is 0.469 e. The first-order chi connectivity index (χ1) is 20.9. The number of nitrogen functional groups attached to an aromatic ring is 1. The van der Waals surface area contributed by atoms with Gasteiger partial charge in [-0.25, -0.2) is 18.2 Å². The summed E-state index contributed by atoms with van der Waals surface area (Å²) in [7, 11) is 0. The van der Waals surface area contributed by atoms with Crippen LogP contribution < -0.4 is 20.5 Å². The topological polar surface area (TPSA) is 98.4 Å². The monoisotopic (exact) mass is 658 g/mol. The molecule has 2 aromatic carbocycles. The van der Waals surface area contributed by atoms with Crippen LogP contribution in [-0.2, 0) is 6.18 Å². The number of thiazole rings is 1. The molecule has 44 heavy (non-hydrogen) atoms. The van der Waals surface area contributed by atoms with Gasteiger partial charge < -0.3 is 20.5 Å². The number of benzene rings is 2. The summed E-state index contributed by atoms with van der Waals surface area (Å²) in [4.78, 5) is 14.7. The van der Waals surface area contributed by atoms with Crippen LogP contribution in [0.4, 0.5) is 31.5 Å². The summed E-state index contributed by atoms with van der Waals surface area (Å²) in [6, 6.07) is 2.67. The van der Waals surface area contributed by atoms with Gasteiger partial charge in [-0.15, -0.1) is 0 Å². The Kier molecular flexibility index (Phi) is 7.22. The number of halogens is 7. The number of anilines is 1. The number of aromatic nitrogens is 3. The van der Waals surface area contributed by atoms with E-state index in [1.807, 2.05) is 4.90 Å². The van der Waals surface area contributed by atoms with E-state index in [0.717, 1.165) is 36.0 Å². The molecule has 0 saturated carbocycles. The lowest BCUT2D eigenvalue weighted by molar-refractivity contribution is -0.137. The van der Waals surface area contributed by atoms with Crippen LogP contribution in [0.1, 0.15) is 24.8 Å². The van der Waals surface area contributed by atoms with Crippen molar-refractivity contribution in [1.29, 1.82) is 0 Å². The van der Waals surface area contributed by atoms with Gasteiger partial charge in [-0.3, -0.25) is 4.90 Å². The molecule has 7 rings (SSSR count). The van der Waals surface area contributed by atoms with Crippen molar-refractivity contribution in [2.24, 2.45) is 0 Å². The van der Waals surface area contributed by atoms with Crippen LogP contribution in [0.25, 0.3) is 32.2 Å². The van der Waals surface area contributed by atoms with Crippen molar-refractivity contribution in [1.82, 2.24) is 25.2 Å². The SMILES string of the molecule is Nc1nc2c(-c3c(C(F)(F)F)cc4c(O[C@H]5CNC[C@@H]5F)nc(OC[C@@]56CCCN5C[C@H](F)C6)nc4c3Cl)ccc(F)c2s1. The fourth-order valence-corrected chi connectivity index (χ4v) is 7.66. The summed E-state index contributed by atoms with van der Waals surface area (Å²) in [6.45, 7) is 1.11. The lowest BCUT2D eigenvalue weighted by Gasteiger charge is -2.30. The molecule has 0 amide bonds. The Morgan fingerprint density at radius 2 is 1.98 bits per heavy atom. The highest BCUT2D eigenvalue weighted by Gasteiger charge is 2.49. The molecule has 3 aliphatic heterocycles. The van der Waals surface area contributed by atoms with Crippen molar-refractivity contribution >= 4 is 49.2 Å². The average Bonchev–Trinajstić information content (AvgIpc) is 3.72. The molecule has 3 aliphatic rings. The second-order valence-electron chi connectivity index (χ2n) is 11.3. The van der Waals surface area contributed by atoms with Crippen LogP contribution >= 0.6 is 22.9 Å². The van der Waals surface area contributed by atoms with Crippen LogP contribution in [0.3, 0.4) is 0 Å². The van der Waals surface area contributed by atoms with Crippen LogP contribution in [0.5, 0.6) is 11.9 Å². The number of ether oxygens (including phenoxy) is 2. The molecule has 8 nitrogen and oxygen atoms in total. The van der Waals surface area contributed by atoms with E-state index in [-0.39, 0.29) is 76.4 Å². The summed E-state index contributed by atoms with van der Waals surface area (Å²) in [5.74, 6) is -1.05. The molecule has 5 heterocycles. The van der Waals surface area contributed by atoms with Gasteiger partial charge in [0.2, 0.25) is 5.88 Å². The number of nitrogens with one attached hydrogen (secondary N) is 1. The van der Waals surface area contributed by atoms with Crippen molar-refractivity contribution in [3.8, 4) is 23.0 Å². The van der Waals surface area contributed by atoms with Gasteiger partial charge in [-0.05, 0) is 37.6 Å². The lowest BCUT2D eigenvalue weighted by Crippen LogP contribution is -2.43. The van der Waals surface area contributed by atoms with Gasteiger partial charge in [-0.2, -0.15) is 23.1 Å². The molecule has 0 radical (unpaired) electrons. The zero-order chi connectivity index (χ0) is 31.0. The van der Waals surface area contributed by atoms with Gasteiger partial charge in [-0.1, -0.05) is 22.9 Å². The molecule has 4 aromatic rings. The van der Waals surface area contributed by atoms with Crippen molar-refractivity contribution in [3.63, 3.8) is 0 Å². The molecule has 2 aromatic heterocycles. The number of nitrogens with zero attached hydrogens (tertiary/aromatic N) is 4. The minimum Gasteiger partial charge on any atom is -0.469 e. The molecule has 4 atom stereocenters. The number of fused-ring (bicyclic) bond motifs is 3. The normalized spacial score (nSPS) is 25.8. The third kappa shape index (κ3) is 4.97. The summed E-state index contributed by atoms with van der Waals surface area (Å²) in [5, 5.41) is 2.12. The maximum atomic E-state index is 14.7. The molecule has 234 valence electrons. The molecular weight excluding hydrogens is 634 g/mol. The number of nitrogens with two attached hydrogens (primary N) is 1. The number of hydrogen-bond donors (Lipinski definition) is 2. The molecule has 0 bridgehead atoms. The first-order valence-corrected chi connectivity index (χ1v) is 15.1. The fourth-order valence-electron chi connectivity index (χ4n) is 6.54. The Bertz CT molecular complexity index is 1770. The van der Waals surface area contributed by atoms with Crippen LogP contribution in [0.15, 0.2) is 18.2 Å². The molecule has 0 spiro atoms. The number of hydrogen-bond acceptors (Lipinski definition) is 9. The van der Waals surface area contributed by atoms with E-state index in [9.17, 15) is 26.3 Å². The first-order valence-electron chi connectivity index (χ1n) is 13.9. The molecule has 3 saturated heterocycles. The molecule has 16 heteroatoms. The zero-order valence-corrected chi connectivity index (χ0v) is 24.4. The zero-order valence-electron chi connectivity index (χ0n) is 22.9. The van der Waals surface area contributed by atoms with E-state index in [1.165, 1.54) is 0 Å². The maximum absolute atomic E-state index is 14.7. The van der Waals surface area contributed by atoms with Crippen LogP contribution in [-0.4, -0.2) is 76.6 Å². The number of rotatable bonds is 6. The Labute approximate surface area is 255 Å². The lowest BCUT2D eigenvalue weighted by atomic mass is 9.95. The third-order valence-corrected chi connectivity index (χ3v) is 9.81. The third-order valence-electron chi connectivity index (χ3n) is 8.54. The van der Waals surface area contributed by atoms with Gasteiger partial charge in [0.15, 0.2) is 11.3 Å². The highest BCUT2D eigenvalue weighted by atomic mass is 35.5. The van der Waals surface area contributed by atoms with E-state index in [2.05, 4.69) is 20.3 Å². The van der Waals surface area contributed by atoms with E-state index in [4.69, 9.17) is 26.8 Å². The van der Waals surface area contributed by atoms with Crippen molar-refractivity contribution in [3.05, 3.63) is 34.6 Å². The van der Waals surface area contributed by atoms with E-state index in [0.29, 0.717) is 13.0 Å². The Hall–Kier alpha value is -3.14. The van der Waals surface area contributed by atoms with E-state index in [1.54, 1.807) is 0 Å². The maximum Gasteiger partial charge on any atom is 0.417 e. The molecular formula is C28H25ClF6N6O2S. The van der Waals surface area contributed by atoms with Crippen molar-refractivity contribution in [2.75, 3.05) is 38.5 Å². The Morgan fingerprint density at radius 1 is 1.16 bits per heavy atom. The minimum atomic E-state index is -4.95. The Morgan fingerprint density at radius 3 is 2.73 bits per heavy atom. The predicted molar refractivity (Wildman–Crippen MR) is 153 cm³/mol. The van der Waals surface area contributed by atoms with Gasteiger partial charge >= 0.3 is 12.2 Å². The van der Waals surface area contributed by atoms with Crippen molar-refractivity contribution in [2.45, 2.75) is 49.4 Å². The van der Waals surface area contributed by atoms with E-state index < -0.39 is 52.1 Å². The van der Waals surface area contributed by atoms with E-state index >= 15 is 0 Å². The Balaban J connectivity index is 1.41. The second kappa shape index (κ2) is 10.7. The standard InChI is InChI=1S/C28H25ClF6N6O2S/c29-20-19(13-2-3-16(31)23-22(13)38-25(36)44-23)15(28(33,34)35)6-14-21(20)39-26(40-24(14)43-18-9-37-8-17(18)32)42-11-27-4-1-5-41(27)10-12(30)7-27/h2-3,6,12,17-18,37H,1,4-5,7-11H2,(H2,36,38)/t12-,17+,18+,27+/m1/s1. The molecule has 3 fully saturated rings. The van der Waals surface area contributed by atoms with Gasteiger partial charge in [0, 0.05) is 37.2 Å². The van der Waals surface area contributed by atoms with Crippen LogP contribution in [0, 0.1) is 5.82 Å².